The number of benzene rings is 2. The summed E-state index contributed by atoms with van der Waals surface area (Å²) in [6, 6.07) is 11.1. The number of hydrogen-bond acceptors (Lipinski definition) is 8. The van der Waals surface area contributed by atoms with Crippen LogP contribution >= 0.6 is 0 Å². The molecule has 0 saturated heterocycles. The first kappa shape index (κ1) is 35.1. The van der Waals surface area contributed by atoms with E-state index in [-0.39, 0.29) is 11.5 Å². The van der Waals surface area contributed by atoms with Gasteiger partial charge in [-0.05, 0) is 63.0 Å². The number of nitrogens with zero attached hydrogens (tertiary/aromatic N) is 2. The molecular weight excluding hydrogens is 528 g/mol. The predicted molar refractivity (Wildman–Crippen MR) is 175 cm³/mol. The quantitative estimate of drug-likeness (QED) is 0.0785. The Morgan fingerprint density at radius 1 is 0.595 bits per heavy atom. The molecule has 4 N–H and O–H groups in total. The highest BCUT2D eigenvalue weighted by Gasteiger charge is 2.07. The Bertz CT molecular complexity index is 947. The molecule has 42 heavy (non-hydrogen) atoms. The molecule has 0 aliphatic carbocycles. The molecule has 0 aromatic heterocycles. The summed E-state index contributed by atoms with van der Waals surface area (Å²) in [5, 5.41) is 27.7. The minimum Gasteiger partial charge on any atom is -0.504 e. The van der Waals surface area contributed by atoms with Crippen molar-refractivity contribution in [1.29, 1.82) is 0 Å². The molecule has 2 aromatic rings. The summed E-state index contributed by atoms with van der Waals surface area (Å²) in [6.07, 6.45) is 14.4. The van der Waals surface area contributed by atoms with Crippen LogP contribution in [0.2, 0.25) is 0 Å². The summed E-state index contributed by atoms with van der Waals surface area (Å²) in [5.74, 6) is 1.38. The summed E-state index contributed by atoms with van der Waals surface area (Å²) < 4.78 is 11.5. The number of aromatic hydroxyl groups is 2. The van der Waals surface area contributed by atoms with E-state index in [1.165, 1.54) is 25.7 Å². The molecule has 0 unspecified atom stereocenters. The van der Waals surface area contributed by atoms with Crippen molar-refractivity contribution in [2.45, 2.75) is 78.1 Å². The highest BCUT2D eigenvalue weighted by atomic mass is 16.5. The Balaban J connectivity index is 1.49. The fraction of sp³-hybridized carbons (Fsp3) is 0.588. The SMILES string of the molecule is CCCCCCOc1cccc(C=NCCCNCCNCCCN=Cc2cccc(OCCCCCC)c2O)c1O. The highest BCUT2D eigenvalue weighted by Crippen LogP contribution is 2.29. The Kier molecular flexibility index (Phi) is 19.6. The number of nitrogens with one attached hydrogen (secondary N) is 2. The Hall–Kier alpha value is -3.10. The second-order valence-electron chi connectivity index (χ2n) is 10.5. The Labute approximate surface area is 253 Å². The lowest BCUT2D eigenvalue weighted by molar-refractivity contribution is 0.289. The van der Waals surface area contributed by atoms with Gasteiger partial charge in [0.2, 0.25) is 0 Å². The molecule has 0 spiro atoms. The van der Waals surface area contributed by atoms with Gasteiger partial charge in [0.05, 0.1) is 13.2 Å². The van der Waals surface area contributed by atoms with Crippen molar-refractivity contribution in [2.24, 2.45) is 9.98 Å². The number of hydrogen-bond donors (Lipinski definition) is 4. The second kappa shape index (κ2) is 23.5. The molecule has 8 nitrogen and oxygen atoms in total. The summed E-state index contributed by atoms with van der Waals surface area (Å²) >= 11 is 0. The minimum absolute atomic E-state index is 0.164. The molecule has 234 valence electrons. The molecule has 8 heteroatoms. The molecular formula is C34H54N4O4. The van der Waals surface area contributed by atoms with Gasteiger partial charge in [-0.3, -0.25) is 9.98 Å². The van der Waals surface area contributed by atoms with Gasteiger partial charge in [-0.25, -0.2) is 0 Å². The predicted octanol–water partition coefficient (Wildman–Crippen LogP) is 6.51. The first-order valence-electron chi connectivity index (χ1n) is 16.0. The zero-order valence-electron chi connectivity index (χ0n) is 26.0. The molecule has 0 amide bonds. The van der Waals surface area contributed by atoms with Crippen molar-refractivity contribution in [3.05, 3.63) is 47.5 Å². The van der Waals surface area contributed by atoms with Crippen molar-refractivity contribution in [2.75, 3.05) is 52.5 Å². The average molecular weight is 583 g/mol. The van der Waals surface area contributed by atoms with Crippen molar-refractivity contribution in [3.63, 3.8) is 0 Å². The topological polar surface area (TPSA) is 108 Å². The van der Waals surface area contributed by atoms with E-state index in [1.54, 1.807) is 24.6 Å². The molecule has 2 aromatic carbocycles. The second-order valence-corrected chi connectivity index (χ2v) is 10.5. The summed E-state index contributed by atoms with van der Waals surface area (Å²) in [4.78, 5) is 8.93. The molecule has 0 radical (unpaired) electrons. The third-order valence-electron chi connectivity index (χ3n) is 6.79. The normalized spacial score (nSPS) is 11.6. The van der Waals surface area contributed by atoms with Gasteiger partial charge in [0.25, 0.3) is 0 Å². The summed E-state index contributed by atoms with van der Waals surface area (Å²) in [5.41, 5.74) is 1.38. The third kappa shape index (κ3) is 15.2. The van der Waals surface area contributed by atoms with Gasteiger partial charge in [-0.15, -0.1) is 0 Å². The maximum Gasteiger partial charge on any atom is 0.166 e. The lowest BCUT2D eigenvalue weighted by atomic mass is 10.2. The lowest BCUT2D eigenvalue weighted by Crippen LogP contribution is -2.29. The average Bonchev–Trinajstić information content (AvgIpc) is 3.00. The summed E-state index contributed by atoms with van der Waals surface area (Å²) in [6.45, 7) is 10.6. The van der Waals surface area contributed by atoms with Crippen molar-refractivity contribution < 1.29 is 19.7 Å². The number of para-hydroxylation sites is 2. The van der Waals surface area contributed by atoms with Crippen molar-refractivity contribution in [1.82, 2.24) is 10.6 Å². The molecule has 0 aliphatic heterocycles. The van der Waals surface area contributed by atoms with Crippen LogP contribution in [0.25, 0.3) is 0 Å². The molecule has 0 fully saturated rings. The van der Waals surface area contributed by atoms with Crippen molar-refractivity contribution in [3.8, 4) is 23.0 Å². The monoisotopic (exact) mass is 582 g/mol. The van der Waals surface area contributed by atoms with Crippen LogP contribution in [0.5, 0.6) is 23.0 Å². The van der Waals surface area contributed by atoms with Gasteiger partial charge in [0.1, 0.15) is 0 Å². The smallest absolute Gasteiger partial charge is 0.166 e. The number of aliphatic imine (C=N–C) groups is 2. The molecule has 0 heterocycles. The van der Waals surface area contributed by atoms with Gasteiger partial charge in [0.15, 0.2) is 23.0 Å². The van der Waals surface area contributed by atoms with E-state index in [1.807, 2.05) is 24.3 Å². The van der Waals surface area contributed by atoms with Gasteiger partial charge in [-0.1, -0.05) is 64.5 Å². The summed E-state index contributed by atoms with van der Waals surface area (Å²) in [7, 11) is 0. The van der Waals surface area contributed by atoms with E-state index in [2.05, 4.69) is 34.5 Å². The van der Waals surface area contributed by atoms with Crippen LogP contribution < -0.4 is 20.1 Å². The van der Waals surface area contributed by atoms with Gasteiger partial charge in [0, 0.05) is 49.7 Å². The molecule has 2 rings (SSSR count). The van der Waals surface area contributed by atoms with Crippen LogP contribution in [0, 0.1) is 0 Å². The zero-order chi connectivity index (χ0) is 30.1. The fourth-order valence-electron chi connectivity index (χ4n) is 4.29. The van der Waals surface area contributed by atoms with E-state index in [0.29, 0.717) is 48.9 Å². The fourth-order valence-corrected chi connectivity index (χ4v) is 4.29. The van der Waals surface area contributed by atoms with Crippen LogP contribution in [0.1, 0.15) is 89.2 Å². The zero-order valence-corrected chi connectivity index (χ0v) is 26.0. The minimum atomic E-state index is 0.164. The van der Waals surface area contributed by atoms with Crippen LogP contribution in [0.4, 0.5) is 0 Å². The van der Waals surface area contributed by atoms with E-state index in [9.17, 15) is 10.2 Å². The van der Waals surface area contributed by atoms with Gasteiger partial charge in [-0.2, -0.15) is 0 Å². The van der Waals surface area contributed by atoms with E-state index >= 15 is 0 Å². The van der Waals surface area contributed by atoms with Crippen molar-refractivity contribution >= 4 is 12.4 Å². The van der Waals surface area contributed by atoms with Crippen LogP contribution in [0.15, 0.2) is 46.4 Å². The maximum absolute atomic E-state index is 10.4. The standard InChI is InChI=1S/C34H54N4O4/c1-3-5-7-9-25-41-31-17-11-15-29(33(31)39)27-37-21-13-19-35-23-24-36-20-14-22-38-28-30-16-12-18-32(34(30)40)42-26-10-8-6-4-2/h11-12,15-18,27-28,35-36,39-40H,3-10,13-14,19-26H2,1-2H3. The first-order chi connectivity index (χ1) is 20.7. The van der Waals surface area contributed by atoms with E-state index in [4.69, 9.17) is 9.47 Å². The van der Waals surface area contributed by atoms with Crippen LogP contribution in [0.3, 0.4) is 0 Å². The largest absolute Gasteiger partial charge is 0.504 e. The molecule has 0 atom stereocenters. The number of rotatable bonds is 25. The van der Waals surface area contributed by atoms with Crippen LogP contribution in [-0.4, -0.2) is 75.1 Å². The van der Waals surface area contributed by atoms with E-state index in [0.717, 1.165) is 64.7 Å². The maximum atomic E-state index is 10.4. The van der Waals surface area contributed by atoms with Gasteiger partial charge < -0.3 is 30.3 Å². The number of ether oxygens (including phenoxy) is 2. The molecule has 0 bridgehead atoms. The molecule has 0 saturated carbocycles. The third-order valence-corrected chi connectivity index (χ3v) is 6.79. The first-order valence-corrected chi connectivity index (χ1v) is 16.0. The number of unbranched alkanes of at least 4 members (excludes halogenated alkanes) is 6. The van der Waals surface area contributed by atoms with Crippen LogP contribution in [-0.2, 0) is 0 Å². The molecule has 0 aliphatic rings. The Morgan fingerprint density at radius 3 is 1.48 bits per heavy atom. The van der Waals surface area contributed by atoms with Gasteiger partial charge >= 0.3 is 0 Å². The van der Waals surface area contributed by atoms with E-state index < -0.39 is 0 Å². The lowest BCUT2D eigenvalue weighted by Gasteiger charge is -2.09. The Morgan fingerprint density at radius 2 is 1.05 bits per heavy atom. The number of phenols is 2. The number of phenolic OH excluding ortho intramolecular Hbond substituents is 2. The highest BCUT2D eigenvalue weighted by molar-refractivity contribution is 5.85.